The topological polar surface area (TPSA) is 143 Å². The number of aryl methyl sites for hydroxylation is 1. The predicted molar refractivity (Wildman–Crippen MR) is 109 cm³/mol. The fourth-order valence-corrected chi connectivity index (χ4v) is 3.92. The minimum atomic E-state index is -3.72. The molecular weight excluding hydrogens is 400 g/mol. The van der Waals surface area contributed by atoms with Gasteiger partial charge in [-0.15, -0.1) is 0 Å². The van der Waals surface area contributed by atoms with E-state index < -0.39 is 10.0 Å². The van der Waals surface area contributed by atoms with E-state index in [1.807, 2.05) is 6.92 Å². The van der Waals surface area contributed by atoms with Crippen molar-refractivity contribution in [2.45, 2.75) is 18.2 Å². The van der Waals surface area contributed by atoms with Gasteiger partial charge in [0.15, 0.2) is 10.9 Å². The summed E-state index contributed by atoms with van der Waals surface area (Å²) in [6.45, 7) is 2.59. The third-order valence-electron chi connectivity index (χ3n) is 3.75. The number of hydrogen-bond acceptors (Lipinski definition) is 9. The highest BCUT2D eigenvalue weighted by Gasteiger charge is 2.13. The van der Waals surface area contributed by atoms with Gasteiger partial charge in [-0.2, -0.15) is 0 Å². The van der Waals surface area contributed by atoms with E-state index in [4.69, 9.17) is 10.2 Å². The molecule has 1 aromatic carbocycles. The zero-order valence-corrected chi connectivity index (χ0v) is 16.7. The van der Waals surface area contributed by atoms with Gasteiger partial charge in [-0.1, -0.05) is 23.5 Å². The highest BCUT2D eigenvalue weighted by atomic mass is 32.2. The minimum absolute atomic E-state index is 0.0672. The van der Waals surface area contributed by atoms with Crippen molar-refractivity contribution in [3.05, 3.63) is 42.4 Å². The Morgan fingerprint density at radius 2 is 1.86 bits per heavy atom. The zero-order chi connectivity index (χ0) is 20.1. The van der Waals surface area contributed by atoms with Crippen LogP contribution in [0, 0.1) is 6.92 Å². The first-order chi connectivity index (χ1) is 13.4. The van der Waals surface area contributed by atoms with Gasteiger partial charge in [-0.3, -0.25) is 4.98 Å². The van der Waals surface area contributed by atoms with Crippen molar-refractivity contribution in [1.82, 2.24) is 15.0 Å². The summed E-state index contributed by atoms with van der Waals surface area (Å²) >= 11 is 1.42. The summed E-state index contributed by atoms with van der Waals surface area (Å²) in [6.07, 6.45) is 3.82. The van der Waals surface area contributed by atoms with Gasteiger partial charge < -0.3 is 15.7 Å². The quantitative estimate of drug-likeness (QED) is 0.406. The van der Waals surface area contributed by atoms with Gasteiger partial charge in [-0.05, 0) is 31.0 Å². The van der Waals surface area contributed by atoms with Gasteiger partial charge in [0.05, 0.1) is 27.9 Å². The SMILES string of the molecule is Cc1nc(Nc2cncc(NCCCO)n2)sc1-c1ccc(S(N)(=O)=O)cc1. The van der Waals surface area contributed by atoms with Crippen molar-refractivity contribution < 1.29 is 13.5 Å². The van der Waals surface area contributed by atoms with Crippen LogP contribution in [0.3, 0.4) is 0 Å². The summed E-state index contributed by atoms with van der Waals surface area (Å²) in [5.74, 6) is 1.14. The smallest absolute Gasteiger partial charge is 0.238 e. The van der Waals surface area contributed by atoms with Crippen LogP contribution in [0.2, 0.25) is 0 Å². The molecule has 3 rings (SSSR count). The molecule has 0 bridgehead atoms. The highest BCUT2D eigenvalue weighted by molar-refractivity contribution is 7.89. The summed E-state index contributed by atoms with van der Waals surface area (Å²) in [7, 11) is -3.72. The third-order valence-corrected chi connectivity index (χ3v) is 5.80. The number of aliphatic hydroxyl groups is 1. The summed E-state index contributed by atoms with van der Waals surface area (Å²) in [6, 6.07) is 6.36. The lowest BCUT2D eigenvalue weighted by molar-refractivity contribution is 0.292. The first-order valence-corrected chi connectivity index (χ1v) is 10.8. The Morgan fingerprint density at radius 3 is 2.54 bits per heavy atom. The number of thiazole rings is 1. The molecule has 0 saturated heterocycles. The van der Waals surface area contributed by atoms with E-state index >= 15 is 0 Å². The van der Waals surface area contributed by atoms with Crippen molar-refractivity contribution in [2.24, 2.45) is 5.14 Å². The molecular formula is C17H20N6O3S2. The molecule has 28 heavy (non-hydrogen) atoms. The monoisotopic (exact) mass is 420 g/mol. The molecule has 0 radical (unpaired) electrons. The fraction of sp³-hybridized carbons (Fsp3) is 0.235. The Hall–Kier alpha value is -2.60. The molecule has 2 aromatic heterocycles. The van der Waals surface area contributed by atoms with Crippen molar-refractivity contribution in [2.75, 3.05) is 23.8 Å². The molecule has 0 aliphatic carbocycles. The fourth-order valence-electron chi connectivity index (χ4n) is 2.43. The Balaban J connectivity index is 1.76. The van der Waals surface area contributed by atoms with Gasteiger partial charge >= 0.3 is 0 Å². The van der Waals surface area contributed by atoms with Crippen molar-refractivity contribution in [3.8, 4) is 10.4 Å². The second-order valence-electron chi connectivity index (χ2n) is 5.92. The maximum Gasteiger partial charge on any atom is 0.238 e. The van der Waals surface area contributed by atoms with E-state index in [1.54, 1.807) is 24.5 Å². The van der Waals surface area contributed by atoms with E-state index in [-0.39, 0.29) is 11.5 Å². The van der Waals surface area contributed by atoms with E-state index in [2.05, 4.69) is 25.6 Å². The number of benzene rings is 1. The summed E-state index contributed by atoms with van der Waals surface area (Å²) in [4.78, 5) is 14.0. The van der Waals surface area contributed by atoms with Gasteiger partial charge in [0, 0.05) is 13.2 Å². The van der Waals surface area contributed by atoms with Crippen LogP contribution in [0.25, 0.3) is 10.4 Å². The van der Waals surface area contributed by atoms with Crippen molar-refractivity contribution >= 4 is 38.1 Å². The lowest BCUT2D eigenvalue weighted by atomic mass is 10.2. The molecule has 0 amide bonds. The first-order valence-electron chi connectivity index (χ1n) is 8.41. The molecule has 11 heteroatoms. The molecule has 0 saturated carbocycles. The lowest BCUT2D eigenvalue weighted by Gasteiger charge is -2.06. The average Bonchev–Trinajstić information content (AvgIpc) is 3.02. The van der Waals surface area contributed by atoms with E-state index in [0.29, 0.717) is 29.7 Å². The number of nitrogens with zero attached hydrogens (tertiary/aromatic N) is 3. The minimum Gasteiger partial charge on any atom is -0.396 e. The van der Waals surface area contributed by atoms with Gasteiger partial charge in [-0.25, -0.2) is 23.5 Å². The largest absolute Gasteiger partial charge is 0.396 e. The Bertz CT molecular complexity index is 1050. The van der Waals surface area contributed by atoms with Crippen LogP contribution in [0.4, 0.5) is 16.8 Å². The molecule has 3 aromatic rings. The molecule has 9 nitrogen and oxygen atoms in total. The van der Waals surface area contributed by atoms with Gasteiger partial charge in [0.2, 0.25) is 10.0 Å². The Labute approximate surface area is 166 Å². The number of sulfonamides is 1. The van der Waals surface area contributed by atoms with Crippen molar-refractivity contribution in [3.63, 3.8) is 0 Å². The molecule has 5 N–H and O–H groups in total. The number of anilines is 3. The molecule has 148 valence electrons. The van der Waals surface area contributed by atoms with E-state index in [9.17, 15) is 8.42 Å². The maximum atomic E-state index is 11.4. The predicted octanol–water partition coefficient (Wildman–Crippen LogP) is 2.09. The average molecular weight is 421 g/mol. The van der Waals surface area contributed by atoms with Crippen LogP contribution >= 0.6 is 11.3 Å². The Kier molecular flexibility index (Phi) is 6.19. The number of hydrogen-bond donors (Lipinski definition) is 4. The van der Waals surface area contributed by atoms with Crippen molar-refractivity contribution in [1.29, 1.82) is 0 Å². The summed E-state index contributed by atoms with van der Waals surface area (Å²) in [5.41, 5.74) is 1.65. The number of nitrogens with one attached hydrogen (secondary N) is 2. The molecule has 0 spiro atoms. The molecule has 0 unspecified atom stereocenters. The first kappa shape index (κ1) is 20.1. The highest BCUT2D eigenvalue weighted by Crippen LogP contribution is 2.34. The van der Waals surface area contributed by atoms with Crippen LogP contribution in [0.15, 0.2) is 41.6 Å². The second kappa shape index (κ2) is 8.61. The van der Waals surface area contributed by atoms with Crippen LogP contribution in [-0.2, 0) is 10.0 Å². The van der Waals surface area contributed by atoms with E-state index in [0.717, 1.165) is 16.1 Å². The van der Waals surface area contributed by atoms with Gasteiger partial charge in [0.1, 0.15) is 5.82 Å². The normalized spacial score (nSPS) is 11.4. The van der Waals surface area contributed by atoms with Crippen LogP contribution in [0.1, 0.15) is 12.1 Å². The van der Waals surface area contributed by atoms with E-state index in [1.165, 1.54) is 23.5 Å². The molecule has 0 aliphatic heterocycles. The standard InChI is InChI=1S/C17H20N6O3S2/c1-11-16(12-3-5-13(6-4-12)28(18,25)26)27-17(21-11)23-15-10-19-9-14(22-15)20-7-2-8-24/h3-6,9-10,24H,2,7-8H2,1H3,(H2,18,25,26)(H2,20,21,22,23). The zero-order valence-electron chi connectivity index (χ0n) is 15.1. The number of primary sulfonamides is 1. The second-order valence-corrected chi connectivity index (χ2v) is 8.48. The Morgan fingerprint density at radius 1 is 1.14 bits per heavy atom. The number of aromatic nitrogens is 3. The molecule has 0 fully saturated rings. The van der Waals surface area contributed by atoms with Gasteiger partial charge in [0.25, 0.3) is 0 Å². The summed E-state index contributed by atoms with van der Waals surface area (Å²) < 4.78 is 22.8. The van der Waals surface area contributed by atoms with Crippen LogP contribution in [-0.4, -0.2) is 41.6 Å². The number of rotatable bonds is 8. The van der Waals surface area contributed by atoms with Crippen LogP contribution < -0.4 is 15.8 Å². The lowest BCUT2D eigenvalue weighted by Crippen LogP contribution is -2.11. The molecule has 2 heterocycles. The molecule has 0 aliphatic rings. The molecule has 0 atom stereocenters. The third kappa shape index (κ3) is 5.01. The number of nitrogens with two attached hydrogens (primary N) is 1. The number of aliphatic hydroxyl groups excluding tert-OH is 1. The summed E-state index contributed by atoms with van der Waals surface area (Å²) in [5, 5.41) is 20.8. The maximum absolute atomic E-state index is 11.4. The van der Waals surface area contributed by atoms with Crippen LogP contribution in [0.5, 0.6) is 0 Å².